The van der Waals surface area contributed by atoms with E-state index < -0.39 is 0 Å². The molecule has 146 valence electrons. The van der Waals surface area contributed by atoms with E-state index in [1.54, 1.807) is 25.3 Å². The van der Waals surface area contributed by atoms with E-state index in [1.165, 1.54) is 0 Å². The van der Waals surface area contributed by atoms with E-state index >= 15 is 0 Å². The fourth-order valence-electron chi connectivity index (χ4n) is 3.07. The Labute approximate surface area is 163 Å². The first kappa shape index (κ1) is 19.6. The van der Waals surface area contributed by atoms with Crippen molar-refractivity contribution in [2.24, 2.45) is 0 Å². The Morgan fingerprint density at radius 1 is 1.37 bits per heavy atom. The van der Waals surface area contributed by atoms with Gasteiger partial charge < -0.3 is 20.1 Å². The molecule has 8 nitrogen and oxygen atoms in total. The standard InChI is InChI=1S/C18H24ClN5O3/c1-12-17(22-23-24(12)14-5-7-20-8-6-14)18(25)21-13-3-4-16(15(19)11-13)27-10-9-26-2/h3-4,11,14,20H,5-10H2,1-2H3,(H,21,25). The van der Waals surface area contributed by atoms with Gasteiger partial charge in [0.1, 0.15) is 12.4 Å². The molecule has 1 aliphatic rings. The van der Waals surface area contributed by atoms with Crippen LogP contribution in [0.4, 0.5) is 5.69 Å². The summed E-state index contributed by atoms with van der Waals surface area (Å²) < 4.78 is 12.3. The van der Waals surface area contributed by atoms with Gasteiger partial charge in [0.15, 0.2) is 5.69 Å². The number of ether oxygens (including phenoxy) is 2. The molecule has 2 heterocycles. The zero-order valence-corrected chi connectivity index (χ0v) is 16.3. The van der Waals surface area contributed by atoms with Crippen LogP contribution in [0.25, 0.3) is 0 Å². The summed E-state index contributed by atoms with van der Waals surface area (Å²) in [5, 5.41) is 14.8. The van der Waals surface area contributed by atoms with E-state index in [9.17, 15) is 4.79 Å². The highest BCUT2D eigenvalue weighted by Crippen LogP contribution is 2.28. The Kier molecular flexibility index (Phi) is 6.65. The summed E-state index contributed by atoms with van der Waals surface area (Å²) >= 11 is 6.22. The molecule has 2 aromatic rings. The summed E-state index contributed by atoms with van der Waals surface area (Å²) in [6.45, 7) is 4.64. The van der Waals surface area contributed by atoms with Crippen LogP contribution in [0.15, 0.2) is 18.2 Å². The first-order chi connectivity index (χ1) is 13.1. The number of halogens is 1. The summed E-state index contributed by atoms with van der Waals surface area (Å²) in [7, 11) is 1.60. The van der Waals surface area contributed by atoms with E-state index in [0.717, 1.165) is 31.6 Å². The monoisotopic (exact) mass is 393 g/mol. The molecule has 1 aromatic carbocycles. The quantitative estimate of drug-likeness (QED) is 0.702. The van der Waals surface area contributed by atoms with Gasteiger partial charge in [0, 0.05) is 12.8 Å². The molecule has 3 rings (SSSR count). The smallest absolute Gasteiger partial charge is 0.278 e. The number of benzene rings is 1. The van der Waals surface area contributed by atoms with E-state index in [2.05, 4.69) is 20.9 Å². The third-order valence-corrected chi connectivity index (χ3v) is 4.83. The number of hydrogen-bond acceptors (Lipinski definition) is 6. The summed E-state index contributed by atoms with van der Waals surface area (Å²) in [6, 6.07) is 5.37. The topological polar surface area (TPSA) is 90.3 Å². The first-order valence-electron chi connectivity index (χ1n) is 8.95. The van der Waals surface area contributed by atoms with Crippen LogP contribution in [0.2, 0.25) is 5.02 Å². The lowest BCUT2D eigenvalue weighted by atomic mass is 10.1. The average Bonchev–Trinajstić information content (AvgIpc) is 3.06. The second-order valence-corrected chi connectivity index (χ2v) is 6.80. The van der Waals surface area contributed by atoms with E-state index in [-0.39, 0.29) is 11.9 Å². The summed E-state index contributed by atoms with van der Waals surface area (Å²) in [5.41, 5.74) is 1.66. The predicted molar refractivity (Wildman–Crippen MR) is 103 cm³/mol. The van der Waals surface area contributed by atoms with E-state index in [4.69, 9.17) is 21.1 Å². The van der Waals surface area contributed by atoms with Gasteiger partial charge in [-0.3, -0.25) is 4.79 Å². The van der Waals surface area contributed by atoms with Gasteiger partial charge in [-0.1, -0.05) is 16.8 Å². The minimum Gasteiger partial charge on any atom is -0.490 e. The summed E-state index contributed by atoms with van der Waals surface area (Å²) in [4.78, 5) is 12.6. The van der Waals surface area contributed by atoms with Gasteiger partial charge in [0.25, 0.3) is 5.91 Å². The normalized spacial score (nSPS) is 14.9. The Hall–Kier alpha value is -2.16. The first-order valence-corrected chi connectivity index (χ1v) is 9.33. The fraction of sp³-hybridized carbons (Fsp3) is 0.500. The van der Waals surface area contributed by atoms with Gasteiger partial charge in [-0.25, -0.2) is 4.68 Å². The maximum absolute atomic E-state index is 12.6. The zero-order chi connectivity index (χ0) is 19.2. The van der Waals surface area contributed by atoms with Crippen LogP contribution in [0, 0.1) is 6.92 Å². The number of rotatable bonds is 7. The van der Waals surface area contributed by atoms with Crippen LogP contribution in [0.5, 0.6) is 5.75 Å². The number of carbonyl (C=O) groups excluding carboxylic acids is 1. The molecule has 0 radical (unpaired) electrons. The number of nitrogens with zero attached hydrogens (tertiary/aromatic N) is 3. The van der Waals surface area contributed by atoms with Gasteiger partial charge in [0.05, 0.1) is 23.4 Å². The Morgan fingerprint density at radius 3 is 2.85 bits per heavy atom. The number of anilines is 1. The van der Waals surface area contributed by atoms with Crippen molar-refractivity contribution in [3.63, 3.8) is 0 Å². The van der Waals surface area contributed by atoms with Crippen molar-refractivity contribution in [1.29, 1.82) is 0 Å². The van der Waals surface area contributed by atoms with E-state index in [1.807, 2.05) is 11.6 Å². The molecule has 0 atom stereocenters. The fourth-order valence-corrected chi connectivity index (χ4v) is 3.30. The Bertz CT molecular complexity index is 789. The molecule has 2 N–H and O–H groups in total. The third kappa shape index (κ3) is 4.77. The Balaban J connectivity index is 1.66. The molecule has 1 fully saturated rings. The maximum atomic E-state index is 12.6. The molecular weight excluding hydrogens is 370 g/mol. The Morgan fingerprint density at radius 2 is 2.15 bits per heavy atom. The van der Waals surface area contributed by atoms with Gasteiger partial charge in [0.2, 0.25) is 0 Å². The molecule has 9 heteroatoms. The summed E-state index contributed by atoms with van der Waals surface area (Å²) in [5.74, 6) is 0.233. The lowest BCUT2D eigenvalue weighted by Crippen LogP contribution is -2.30. The number of methoxy groups -OCH3 is 1. The number of nitrogens with one attached hydrogen (secondary N) is 2. The van der Waals surface area contributed by atoms with Crippen LogP contribution in [0.1, 0.15) is 35.1 Å². The highest BCUT2D eigenvalue weighted by Gasteiger charge is 2.23. The van der Waals surface area contributed by atoms with Crippen molar-refractivity contribution in [2.75, 3.05) is 38.7 Å². The lowest BCUT2D eigenvalue weighted by Gasteiger charge is -2.23. The van der Waals surface area contributed by atoms with Crippen molar-refractivity contribution in [3.8, 4) is 5.75 Å². The van der Waals surface area contributed by atoms with Crippen molar-refractivity contribution in [3.05, 3.63) is 34.6 Å². The van der Waals surface area contributed by atoms with E-state index in [0.29, 0.717) is 35.4 Å². The SMILES string of the molecule is COCCOc1ccc(NC(=O)c2nnn(C3CCNCC3)c2C)cc1Cl. The van der Waals surface area contributed by atoms with Crippen LogP contribution in [0.3, 0.4) is 0 Å². The molecule has 0 aliphatic carbocycles. The molecule has 0 unspecified atom stereocenters. The molecule has 0 saturated carbocycles. The predicted octanol–water partition coefficient (Wildman–Crippen LogP) is 2.44. The van der Waals surface area contributed by atoms with Crippen molar-refractivity contribution < 1.29 is 14.3 Å². The number of piperidine rings is 1. The van der Waals surface area contributed by atoms with Crippen molar-refractivity contribution >= 4 is 23.2 Å². The number of carbonyl (C=O) groups is 1. The van der Waals surface area contributed by atoms with Crippen LogP contribution in [-0.4, -0.2) is 54.3 Å². The molecule has 0 spiro atoms. The van der Waals surface area contributed by atoms with Gasteiger partial charge in [-0.05, 0) is 51.1 Å². The molecule has 1 aliphatic heterocycles. The zero-order valence-electron chi connectivity index (χ0n) is 15.5. The van der Waals surface area contributed by atoms with Crippen LogP contribution in [-0.2, 0) is 4.74 Å². The second-order valence-electron chi connectivity index (χ2n) is 6.39. The highest BCUT2D eigenvalue weighted by atomic mass is 35.5. The van der Waals surface area contributed by atoms with Gasteiger partial charge >= 0.3 is 0 Å². The maximum Gasteiger partial charge on any atom is 0.278 e. The largest absolute Gasteiger partial charge is 0.490 e. The third-order valence-electron chi connectivity index (χ3n) is 4.53. The number of aromatic nitrogens is 3. The van der Waals surface area contributed by atoms with Crippen LogP contribution >= 0.6 is 11.6 Å². The molecule has 1 aromatic heterocycles. The van der Waals surface area contributed by atoms with Gasteiger partial charge in [-0.2, -0.15) is 0 Å². The number of amides is 1. The second kappa shape index (κ2) is 9.16. The van der Waals surface area contributed by atoms with Gasteiger partial charge in [-0.15, -0.1) is 5.10 Å². The molecule has 27 heavy (non-hydrogen) atoms. The minimum atomic E-state index is -0.309. The van der Waals surface area contributed by atoms with Crippen molar-refractivity contribution in [1.82, 2.24) is 20.3 Å². The molecular formula is C18H24ClN5O3. The molecule has 1 amide bonds. The van der Waals surface area contributed by atoms with Crippen molar-refractivity contribution in [2.45, 2.75) is 25.8 Å². The van der Waals surface area contributed by atoms with Crippen LogP contribution < -0.4 is 15.4 Å². The highest BCUT2D eigenvalue weighted by molar-refractivity contribution is 6.32. The lowest BCUT2D eigenvalue weighted by molar-refractivity contribution is 0.102. The summed E-state index contributed by atoms with van der Waals surface area (Å²) in [6.07, 6.45) is 1.96. The molecule has 1 saturated heterocycles. The average molecular weight is 394 g/mol. The minimum absolute atomic E-state index is 0.276. The number of hydrogen-bond donors (Lipinski definition) is 2. The molecule has 0 bridgehead atoms.